The number of carbonyl (C=O) groups excluding carboxylic acids is 1. The lowest BCUT2D eigenvalue weighted by Crippen LogP contribution is -2.11. The molecule has 2 aromatic carbocycles. The molecule has 1 aromatic heterocycles. The van der Waals surface area contributed by atoms with E-state index in [0.29, 0.717) is 10.6 Å². The molecular weight excluding hydrogens is 412 g/mol. The van der Waals surface area contributed by atoms with Gasteiger partial charge in [0.25, 0.3) is 10.1 Å². The number of aryl methyl sites for hydroxylation is 2. The summed E-state index contributed by atoms with van der Waals surface area (Å²) < 4.78 is 38.4. The largest absolute Gasteiger partial charge is 0.491 e. The maximum absolute atomic E-state index is 12.1. The molecule has 154 valence electrons. The third kappa shape index (κ3) is 4.95. The summed E-state index contributed by atoms with van der Waals surface area (Å²) >= 11 is 1.41. The molecule has 0 radical (unpaired) electrons. The zero-order chi connectivity index (χ0) is 21.2. The average molecular weight is 435 g/mol. The van der Waals surface area contributed by atoms with Crippen molar-refractivity contribution in [1.82, 2.24) is 0 Å². The number of hydrogen-bond acceptors (Lipinski definition) is 7. The minimum Gasteiger partial charge on any atom is -0.491 e. The Balaban J connectivity index is 1.95. The molecule has 29 heavy (non-hydrogen) atoms. The van der Waals surface area contributed by atoms with Crippen molar-refractivity contribution in [3.63, 3.8) is 0 Å². The van der Waals surface area contributed by atoms with Gasteiger partial charge in [-0.25, -0.2) is 4.79 Å². The van der Waals surface area contributed by atoms with Gasteiger partial charge in [0.1, 0.15) is 23.8 Å². The molecule has 0 unspecified atom stereocenters. The fourth-order valence-electron chi connectivity index (χ4n) is 3.09. The van der Waals surface area contributed by atoms with E-state index >= 15 is 0 Å². The number of methoxy groups -OCH3 is 1. The Morgan fingerprint density at radius 3 is 2.55 bits per heavy atom. The van der Waals surface area contributed by atoms with E-state index in [-0.39, 0.29) is 19.2 Å². The number of thiophene rings is 1. The summed E-state index contributed by atoms with van der Waals surface area (Å²) in [5, 5.41) is 1.01. The zero-order valence-corrected chi connectivity index (χ0v) is 18.3. The maximum atomic E-state index is 12.1. The van der Waals surface area contributed by atoms with Crippen molar-refractivity contribution in [2.75, 3.05) is 26.6 Å². The second kappa shape index (κ2) is 8.52. The van der Waals surface area contributed by atoms with Crippen molar-refractivity contribution in [1.29, 1.82) is 0 Å². The van der Waals surface area contributed by atoms with Crippen LogP contribution in [-0.2, 0) is 19.0 Å². The third-order valence-electron chi connectivity index (χ3n) is 4.35. The minimum absolute atomic E-state index is 0.0513. The first kappa shape index (κ1) is 21.3. The van der Waals surface area contributed by atoms with E-state index in [4.69, 9.17) is 13.7 Å². The molecular formula is C21H22O6S2. The summed E-state index contributed by atoms with van der Waals surface area (Å²) in [6.45, 7) is 3.94. The van der Waals surface area contributed by atoms with Gasteiger partial charge in [-0.1, -0.05) is 24.3 Å². The van der Waals surface area contributed by atoms with E-state index in [9.17, 15) is 13.2 Å². The topological polar surface area (TPSA) is 78.9 Å². The van der Waals surface area contributed by atoms with Gasteiger partial charge in [-0.3, -0.25) is 4.18 Å². The Hall–Kier alpha value is -2.42. The Bertz CT molecular complexity index is 1160. The highest BCUT2D eigenvalue weighted by molar-refractivity contribution is 7.85. The van der Waals surface area contributed by atoms with Gasteiger partial charge in [-0.15, -0.1) is 11.3 Å². The number of carbonyl (C=O) groups is 1. The van der Waals surface area contributed by atoms with Crippen LogP contribution < -0.4 is 4.74 Å². The zero-order valence-electron chi connectivity index (χ0n) is 16.6. The number of benzene rings is 2. The Kier molecular flexibility index (Phi) is 6.26. The predicted molar refractivity (Wildman–Crippen MR) is 114 cm³/mol. The molecule has 3 aromatic rings. The fourth-order valence-corrected chi connectivity index (χ4v) is 4.72. The molecule has 0 bridgehead atoms. The van der Waals surface area contributed by atoms with Crippen LogP contribution in [0.1, 0.15) is 20.8 Å². The molecule has 0 saturated heterocycles. The van der Waals surface area contributed by atoms with E-state index in [1.165, 1.54) is 18.4 Å². The molecule has 6 nitrogen and oxygen atoms in total. The number of esters is 1. The van der Waals surface area contributed by atoms with Crippen molar-refractivity contribution in [2.45, 2.75) is 13.8 Å². The van der Waals surface area contributed by atoms with Crippen LogP contribution in [0.5, 0.6) is 5.75 Å². The molecule has 0 aliphatic rings. The van der Waals surface area contributed by atoms with Crippen LogP contribution >= 0.6 is 11.3 Å². The van der Waals surface area contributed by atoms with Crippen molar-refractivity contribution < 1.29 is 26.9 Å². The summed E-state index contributed by atoms with van der Waals surface area (Å²) in [6, 6.07) is 11.8. The highest BCUT2D eigenvalue weighted by Gasteiger charge is 2.18. The first-order valence-electron chi connectivity index (χ1n) is 8.89. The SMILES string of the molecule is COC(=O)c1sc2c(-c3cc(C)cc(OCCOS(C)(=O)=O)c3)cccc2c1C. The van der Waals surface area contributed by atoms with Gasteiger partial charge >= 0.3 is 5.97 Å². The summed E-state index contributed by atoms with van der Waals surface area (Å²) in [5.41, 5.74) is 3.85. The van der Waals surface area contributed by atoms with E-state index in [0.717, 1.165) is 38.6 Å². The standard InChI is InChI=1S/C21H22O6S2/c1-13-10-15(12-16(11-13)26-8-9-27-29(4,23)24)18-7-5-6-17-14(2)19(21(22)25-3)28-20(17)18/h5-7,10-12H,8-9H2,1-4H3. The molecule has 1 heterocycles. The lowest BCUT2D eigenvalue weighted by Gasteiger charge is -2.11. The molecule has 3 rings (SSSR count). The lowest BCUT2D eigenvalue weighted by molar-refractivity contribution is 0.0605. The monoisotopic (exact) mass is 434 g/mol. The highest BCUT2D eigenvalue weighted by Crippen LogP contribution is 2.39. The first-order chi connectivity index (χ1) is 13.7. The molecule has 0 N–H and O–H groups in total. The van der Waals surface area contributed by atoms with E-state index in [1.807, 2.05) is 50.2 Å². The van der Waals surface area contributed by atoms with E-state index < -0.39 is 10.1 Å². The van der Waals surface area contributed by atoms with Crippen LogP contribution in [0.4, 0.5) is 0 Å². The van der Waals surface area contributed by atoms with Gasteiger partial charge < -0.3 is 9.47 Å². The molecule has 0 aliphatic carbocycles. The van der Waals surface area contributed by atoms with Crippen LogP contribution in [0, 0.1) is 13.8 Å². The second-order valence-corrected chi connectivity index (χ2v) is 9.30. The fraction of sp³-hybridized carbons (Fsp3) is 0.286. The molecule has 0 saturated carbocycles. The van der Waals surface area contributed by atoms with Gasteiger partial charge in [0.2, 0.25) is 0 Å². The van der Waals surface area contributed by atoms with Crippen LogP contribution in [0.15, 0.2) is 36.4 Å². The predicted octanol–water partition coefficient (Wildman–Crippen LogP) is 4.33. The highest BCUT2D eigenvalue weighted by atomic mass is 32.2. The first-order valence-corrected chi connectivity index (χ1v) is 11.5. The molecule has 0 fully saturated rings. The van der Waals surface area contributed by atoms with Crippen LogP contribution in [-0.4, -0.2) is 41.0 Å². The quantitative estimate of drug-likeness (QED) is 0.313. The van der Waals surface area contributed by atoms with Gasteiger partial charge in [0.15, 0.2) is 0 Å². The van der Waals surface area contributed by atoms with Crippen LogP contribution in [0.3, 0.4) is 0 Å². The van der Waals surface area contributed by atoms with Gasteiger partial charge in [-0.05, 0) is 53.6 Å². The summed E-state index contributed by atoms with van der Waals surface area (Å²) in [7, 11) is -2.11. The number of rotatable bonds is 7. The Morgan fingerprint density at radius 1 is 1.10 bits per heavy atom. The number of fused-ring (bicyclic) bond motifs is 1. The number of ether oxygens (including phenoxy) is 2. The van der Waals surface area contributed by atoms with Gasteiger partial charge in [0, 0.05) is 4.70 Å². The second-order valence-electron chi connectivity index (χ2n) is 6.64. The molecule has 0 aliphatic heterocycles. The Morgan fingerprint density at radius 2 is 1.86 bits per heavy atom. The summed E-state index contributed by atoms with van der Waals surface area (Å²) in [5.74, 6) is 0.282. The average Bonchev–Trinajstić information content (AvgIpc) is 3.00. The lowest BCUT2D eigenvalue weighted by atomic mass is 10.0. The van der Waals surface area contributed by atoms with Crippen molar-refractivity contribution >= 4 is 37.5 Å². The van der Waals surface area contributed by atoms with Crippen molar-refractivity contribution in [2.24, 2.45) is 0 Å². The summed E-state index contributed by atoms with van der Waals surface area (Å²) in [4.78, 5) is 12.7. The minimum atomic E-state index is -3.49. The van der Waals surface area contributed by atoms with Crippen molar-refractivity contribution in [3.05, 3.63) is 52.4 Å². The smallest absolute Gasteiger partial charge is 0.348 e. The number of hydrogen-bond donors (Lipinski definition) is 0. The molecule has 0 atom stereocenters. The van der Waals surface area contributed by atoms with Gasteiger partial charge in [0.05, 0.1) is 13.4 Å². The van der Waals surface area contributed by atoms with E-state index in [1.54, 1.807) is 0 Å². The molecule has 8 heteroatoms. The Labute approximate surface area is 174 Å². The molecule has 0 amide bonds. The third-order valence-corrected chi connectivity index (χ3v) is 6.26. The van der Waals surface area contributed by atoms with Crippen molar-refractivity contribution in [3.8, 4) is 16.9 Å². The van der Waals surface area contributed by atoms with Crippen LogP contribution in [0.2, 0.25) is 0 Å². The van der Waals surface area contributed by atoms with Crippen LogP contribution in [0.25, 0.3) is 21.2 Å². The molecule has 0 spiro atoms. The normalized spacial score (nSPS) is 11.6. The van der Waals surface area contributed by atoms with Gasteiger partial charge in [-0.2, -0.15) is 8.42 Å². The maximum Gasteiger partial charge on any atom is 0.348 e. The summed E-state index contributed by atoms with van der Waals surface area (Å²) in [6.07, 6.45) is 1.00. The van der Waals surface area contributed by atoms with E-state index in [2.05, 4.69) is 0 Å².